The van der Waals surface area contributed by atoms with Crippen LogP contribution in [0.2, 0.25) is 0 Å². The van der Waals surface area contributed by atoms with Crippen LogP contribution < -0.4 is 0 Å². The number of hydrogen-bond acceptors (Lipinski definition) is 5. The van der Waals surface area contributed by atoms with E-state index in [4.69, 9.17) is 4.74 Å². The Kier molecular flexibility index (Phi) is 6.82. The molecule has 7 nitrogen and oxygen atoms in total. The molecule has 0 spiro atoms. The van der Waals surface area contributed by atoms with Gasteiger partial charge in [-0.25, -0.2) is 9.48 Å². The summed E-state index contributed by atoms with van der Waals surface area (Å²) in [6, 6.07) is 14.3. The molecule has 1 atom stereocenters. The zero-order chi connectivity index (χ0) is 24.4. The predicted octanol–water partition coefficient (Wildman–Crippen LogP) is 4.52. The number of nitrogens with zero attached hydrogens (tertiary/aromatic N) is 4. The quantitative estimate of drug-likeness (QED) is 0.485. The van der Waals surface area contributed by atoms with E-state index < -0.39 is 5.97 Å². The Morgan fingerprint density at radius 1 is 1.12 bits per heavy atom. The van der Waals surface area contributed by atoms with Crippen LogP contribution in [0.25, 0.3) is 5.69 Å². The molecular formula is C27H32N4O3. The SMILES string of the molecule is Cc1cccc(-n2nnc(C(=O)OCC3CC(=O)N(Cc4ccc(C(C)C)cc4)C3)c2C)c1C. The summed E-state index contributed by atoms with van der Waals surface area (Å²) in [5.41, 5.74) is 6.34. The minimum Gasteiger partial charge on any atom is -0.460 e. The van der Waals surface area contributed by atoms with Crippen LogP contribution in [0, 0.1) is 26.7 Å². The lowest BCUT2D eigenvalue weighted by Gasteiger charge is -2.17. The van der Waals surface area contributed by atoms with Crippen molar-refractivity contribution >= 4 is 11.9 Å². The standard InChI is InChI=1S/C27H32N4O3/c1-17(2)23-11-9-21(10-12-23)14-30-15-22(13-25(30)32)16-34-27(33)26-20(5)31(29-28-26)24-8-6-7-18(3)19(24)4/h6-12,17,22H,13-16H2,1-5H3. The number of esters is 1. The molecule has 1 amide bonds. The lowest BCUT2D eigenvalue weighted by atomic mass is 10.0. The maximum absolute atomic E-state index is 12.7. The van der Waals surface area contributed by atoms with Gasteiger partial charge >= 0.3 is 5.97 Å². The van der Waals surface area contributed by atoms with Crippen molar-refractivity contribution in [3.05, 3.63) is 76.1 Å². The fourth-order valence-electron chi connectivity index (χ4n) is 4.32. The first-order valence-electron chi connectivity index (χ1n) is 11.8. The molecule has 1 fully saturated rings. The van der Waals surface area contributed by atoms with E-state index in [0.29, 0.717) is 31.1 Å². The maximum Gasteiger partial charge on any atom is 0.360 e. The van der Waals surface area contributed by atoms with Crippen LogP contribution in [0.3, 0.4) is 0 Å². The molecule has 1 saturated heterocycles. The number of ether oxygens (including phenoxy) is 1. The summed E-state index contributed by atoms with van der Waals surface area (Å²) in [6.45, 7) is 11.5. The Balaban J connectivity index is 1.35. The molecule has 0 bridgehead atoms. The maximum atomic E-state index is 12.7. The molecular weight excluding hydrogens is 428 g/mol. The van der Waals surface area contributed by atoms with Gasteiger partial charge in [0.2, 0.25) is 5.91 Å². The lowest BCUT2D eigenvalue weighted by Crippen LogP contribution is -2.25. The Morgan fingerprint density at radius 2 is 1.85 bits per heavy atom. The summed E-state index contributed by atoms with van der Waals surface area (Å²) < 4.78 is 7.22. The first-order valence-corrected chi connectivity index (χ1v) is 11.8. The van der Waals surface area contributed by atoms with Crippen molar-refractivity contribution < 1.29 is 14.3 Å². The summed E-state index contributed by atoms with van der Waals surface area (Å²) in [5.74, 6) is 0.0311. The minimum absolute atomic E-state index is 0.0271. The molecule has 2 aromatic carbocycles. The summed E-state index contributed by atoms with van der Waals surface area (Å²) in [7, 11) is 0. The Labute approximate surface area is 200 Å². The van der Waals surface area contributed by atoms with E-state index in [1.807, 2.05) is 43.9 Å². The Hall–Kier alpha value is -3.48. The number of amides is 1. The number of likely N-dealkylation sites (tertiary alicyclic amines) is 1. The average molecular weight is 461 g/mol. The fraction of sp³-hybridized carbons (Fsp3) is 0.407. The van der Waals surface area contributed by atoms with Crippen molar-refractivity contribution in [1.82, 2.24) is 19.9 Å². The molecule has 0 saturated carbocycles. The van der Waals surface area contributed by atoms with E-state index in [0.717, 1.165) is 22.4 Å². The Bertz CT molecular complexity index is 1200. The van der Waals surface area contributed by atoms with Crippen molar-refractivity contribution in [3.8, 4) is 5.69 Å². The van der Waals surface area contributed by atoms with Gasteiger partial charge in [-0.3, -0.25) is 4.79 Å². The van der Waals surface area contributed by atoms with Gasteiger partial charge in [0.25, 0.3) is 0 Å². The highest BCUT2D eigenvalue weighted by atomic mass is 16.5. The van der Waals surface area contributed by atoms with Crippen LogP contribution >= 0.6 is 0 Å². The predicted molar refractivity (Wildman–Crippen MR) is 130 cm³/mol. The highest BCUT2D eigenvalue weighted by Crippen LogP contribution is 2.23. The average Bonchev–Trinajstić information content (AvgIpc) is 3.36. The third-order valence-corrected chi connectivity index (χ3v) is 6.66. The van der Waals surface area contributed by atoms with Gasteiger partial charge in [-0.05, 0) is 55.0 Å². The second-order valence-electron chi connectivity index (χ2n) is 9.49. The number of hydrogen-bond donors (Lipinski definition) is 0. The minimum atomic E-state index is -0.510. The number of carbonyl (C=O) groups excluding carboxylic acids is 2. The highest BCUT2D eigenvalue weighted by molar-refractivity contribution is 5.88. The molecule has 0 radical (unpaired) electrons. The molecule has 178 valence electrons. The normalized spacial score (nSPS) is 15.9. The molecule has 4 rings (SSSR count). The molecule has 0 aliphatic carbocycles. The van der Waals surface area contributed by atoms with E-state index in [1.165, 1.54) is 5.56 Å². The van der Waals surface area contributed by atoms with Gasteiger partial charge in [-0.15, -0.1) is 5.10 Å². The summed E-state index contributed by atoms with van der Waals surface area (Å²) in [5, 5.41) is 8.25. The van der Waals surface area contributed by atoms with Crippen molar-refractivity contribution in [2.24, 2.45) is 5.92 Å². The number of carbonyl (C=O) groups is 2. The molecule has 1 aromatic heterocycles. The van der Waals surface area contributed by atoms with Crippen LogP contribution in [-0.2, 0) is 16.1 Å². The van der Waals surface area contributed by atoms with Gasteiger partial charge in [0.15, 0.2) is 5.69 Å². The van der Waals surface area contributed by atoms with E-state index in [-0.39, 0.29) is 24.1 Å². The number of aromatic nitrogens is 3. The van der Waals surface area contributed by atoms with E-state index in [9.17, 15) is 9.59 Å². The smallest absolute Gasteiger partial charge is 0.360 e. The summed E-state index contributed by atoms with van der Waals surface area (Å²) >= 11 is 0. The van der Waals surface area contributed by atoms with Gasteiger partial charge in [0, 0.05) is 25.4 Å². The second kappa shape index (κ2) is 9.79. The molecule has 34 heavy (non-hydrogen) atoms. The molecule has 1 aliphatic rings. The van der Waals surface area contributed by atoms with E-state index in [1.54, 1.807) is 4.68 Å². The molecule has 1 aliphatic heterocycles. The van der Waals surface area contributed by atoms with Crippen molar-refractivity contribution in [3.63, 3.8) is 0 Å². The van der Waals surface area contributed by atoms with Gasteiger partial charge in [0.05, 0.1) is 18.0 Å². The monoisotopic (exact) mass is 460 g/mol. The largest absolute Gasteiger partial charge is 0.460 e. The second-order valence-corrected chi connectivity index (χ2v) is 9.49. The van der Waals surface area contributed by atoms with Crippen molar-refractivity contribution in [2.45, 2.75) is 53.5 Å². The van der Waals surface area contributed by atoms with E-state index in [2.05, 4.69) is 48.4 Å². The number of aryl methyl sites for hydroxylation is 1. The van der Waals surface area contributed by atoms with Crippen LogP contribution in [0.5, 0.6) is 0 Å². The summed E-state index contributed by atoms with van der Waals surface area (Å²) in [4.78, 5) is 27.1. The first kappa shape index (κ1) is 23.7. The zero-order valence-corrected chi connectivity index (χ0v) is 20.5. The van der Waals surface area contributed by atoms with E-state index >= 15 is 0 Å². The van der Waals surface area contributed by atoms with Crippen molar-refractivity contribution in [1.29, 1.82) is 0 Å². The van der Waals surface area contributed by atoms with Gasteiger partial charge < -0.3 is 9.64 Å². The molecule has 1 unspecified atom stereocenters. The Morgan fingerprint density at radius 3 is 2.56 bits per heavy atom. The lowest BCUT2D eigenvalue weighted by molar-refractivity contribution is -0.128. The van der Waals surface area contributed by atoms with Crippen LogP contribution in [0.4, 0.5) is 0 Å². The van der Waals surface area contributed by atoms with Crippen molar-refractivity contribution in [2.75, 3.05) is 13.2 Å². The van der Waals surface area contributed by atoms with Crippen LogP contribution in [0.1, 0.15) is 64.6 Å². The number of benzene rings is 2. The van der Waals surface area contributed by atoms with Crippen LogP contribution in [-0.4, -0.2) is 44.9 Å². The third kappa shape index (κ3) is 4.88. The molecule has 7 heteroatoms. The molecule has 2 heterocycles. The number of rotatable bonds is 7. The highest BCUT2D eigenvalue weighted by Gasteiger charge is 2.31. The summed E-state index contributed by atoms with van der Waals surface area (Å²) in [6.07, 6.45) is 0.380. The van der Waals surface area contributed by atoms with Crippen LogP contribution in [0.15, 0.2) is 42.5 Å². The molecule has 3 aromatic rings. The topological polar surface area (TPSA) is 77.3 Å². The third-order valence-electron chi connectivity index (χ3n) is 6.66. The fourth-order valence-corrected chi connectivity index (χ4v) is 4.32. The van der Waals surface area contributed by atoms with Gasteiger partial charge in [0.1, 0.15) is 0 Å². The molecule has 0 N–H and O–H groups in total. The first-order chi connectivity index (χ1) is 16.2. The van der Waals surface area contributed by atoms with Gasteiger partial charge in [-0.2, -0.15) is 0 Å². The zero-order valence-electron chi connectivity index (χ0n) is 20.5. The van der Waals surface area contributed by atoms with Gasteiger partial charge in [-0.1, -0.05) is 55.5 Å².